The molecule has 1 aliphatic rings. The van der Waals surface area contributed by atoms with Gasteiger partial charge in [0.1, 0.15) is 0 Å². The van der Waals surface area contributed by atoms with Gasteiger partial charge in [0.05, 0.1) is 13.2 Å². The number of hydrogen-bond acceptors (Lipinski definition) is 3. The molecule has 94 valence electrons. The second-order valence-electron chi connectivity index (χ2n) is 3.86. The van der Waals surface area contributed by atoms with Gasteiger partial charge >= 0.3 is 6.03 Å². The van der Waals surface area contributed by atoms with Gasteiger partial charge in [0.2, 0.25) is 0 Å². The number of rotatable bonds is 8. The summed E-state index contributed by atoms with van der Waals surface area (Å²) in [5, 5.41) is 0. The minimum atomic E-state index is 0.108. The Labute approximate surface area is 97.3 Å². The molecule has 0 aromatic carbocycles. The largest absolute Gasteiger partial charge is 0.383 e. The Morgan fingerprint density at radius 1 is 1.12 bits per heavy atom. The van der Waals surface area contributed by atoms with Crippen LogP contribution < -0.4 is 0 Å². The zero-order chi connectivity index (χ0) is 11.8. The first-order valence-corrected chi connectivity index (χ1v) is 5.90. The number of hydrogen-bond donors (Lipinski definition) is 0. The first-order chi connectivity index (χ1) is 7.79. The van der Waals surface area contributed by atoms with E-state index < -0.39 is 0 Å². The summed E-state index contributed by atoms with van der Waals surface area (Å²) in [4.78, 5) is 15.5. The molecule has 1 fully saturated rings. The van der Waals surface area contributed by atoms with Crippen molar-refractivity contribution < 1.29 is 14.3 Å². The predicted octanol–water partition coefficient (Wildman–Crippen LogP) is 0.797. The van der Waals surface area contributed by atoms with E-state index in [-0.39, 0.29) is 6.03 Å². The van der Waals surface area contributed by atoms with Gasteiger partial charge in [0.25, 0.3) is 0 Å². The van der Waals surface area contributed by atoms with Crippen LogP contribution in [0.3, 0.4) is 0 Å². The highest BCUT2D eigenvalue weighted by atomic mass is 16.5. The summed E-state index contributed by atoms with van der Waals surface area (Å²) >= 11 is 0. The van der Waals surface area contributed by atoms with E-state index in [0.717, 1.165) is 26.1 Å². The van der Waals surface area contributed by atoms with Crippen LogP contribution in [0.4, 0.5) is 4.79 Å². The lowest BCUT2D eigenvalue weighted by molar-refractivity contribution is 0.112. The maximum Gasteiger partial charge on any atom is 0.320 e. The van der Waals surface area contributed by atoms with Gasteiger partial charge in [-0.1, -0.05) is 6.92 Å². The van der Waals surface area contributed by atoms with Crippen molar-refractivity contribution in [3.8, 4) is 0 Å². The molecule has 0 radical (unpaired) electrons. The number of ether oxygens (including phenoxy) is 2. The summed E-state index contributed by atoms with van der Waals surface area (Å²) in [7, 11) is 1.65. The molecule has 16 heavy (non-hydrogen) atoms. The topological polar surface area (TPSA) is 42.0 Å². The molecule has 5 nitrogen and oxygen atoms in total. The molecule has 0 atom stereocenters. The van der Waals surface area contributed by atoms with Gasteiger partial charge < -0.3 is 19.3 Å². The molecule has 1 saturated heterocycles. The minimum absolute atomic E-state index is 0.108. The van der Waals surface area contributed by atoms with E-state index in [1.165, 1.54) is 0 Å². The first kappa shape index (κ1) is 13.3. The van der Waals surface area contributed by atoms with Crippen molar-refractivity contribution in [1.29, 1.82) is 0 Å². The molecule has 1 rings (SSSR count). The quantitative estimate of drug-likeness (QED) is 0.579. The van der Waals surface area contributed by atoms with E-state index >= 15 is 0 Å². The molecule has 0 aromatic heterocycles. The fourth-order valence-corrected chi connectivity index (χ4v) is 1.67. The summed E-state index contributed by atoms with van der Waals surface area (Å²) < 4.78 is 10.3. The maximum atomic E-state index is 11.8. The number of carbonyl (C=O) groups is 1. The van der Waals surface area contributed by atoms with Crippen LogP contribution in [-0.4, -0.2) is 68.9 Å². The van der Waals surface area contributed by atoms with Crippen molar-refractivity contribution in [3.63, 3.8) is 0 Å². The summed E-state index contributed by atoms with van der Waals surface area (Å²) in [6.07, 6.45) is 1.02. The number of urea groups is 1. The highest BCUT2D eigenvalue weighted by Crippen LogP contribution is 2.07. The molecule has 1 aliphatic heterocycles. The number of nitrogens with zero attached hydrogens (tertiary/aromatic N) is 2. The first-order valence-electron chi connectivity index (χ1n) is 5.90. The summed E-state index contributed by atoms with van der Waals surface area (Å²) in [5.74, 6) is 0. The lowest BCUT2D eigenvalue weighted by Crippen LogP contribution is -2.35. The van der Waals surface area contributed by atoms with Crippen molar-refractivity contribution in [1.82, 2.24) is 9.80 Å². The molecule has 0 aliphatic carbocycles. The Hall–Kier alpha value is -0.810. The zero-order valence-corrected chi connectivity index (χ0v) is 10.3. The maximum absolute atomic E-state index is 11.8. The third-order valence-corrected chi connectivity index (χ3v) is 2.60. The number of amides is 2. The molecule has 0 spiro atoms. The number of methoxy groups -OCH3 is 1. The molecule has 1 heterocycles. The van der Waals surface area contributed by atoms with Crippen LogP contribution >= 0.6 is 0 Å². The zero-order valence-electron chi connectivity index (χ0n) is 10.3. The van der Waals surface area contributed by atoms with Crippen LogP contribution in [0.25, 0.3) is 0 Å². The van der Waals surface area contributed by atoms with Crippen molar-refractivity contribution in [2.75, 3.05) is 53.1 Å². The highest BCUT2D eigenvalue weighted by Gasteiger charge is 2.27. The van der Waals surface area contributed by atoms with E-state index in [2.05, 4.69) is 6.92 Å². The molecule has 0 saturated carbocycles. The normalized spacial score (nSPS) is 16.2. The van der Waals surface area contributed by atoms with Gasteiger partial charge in [-0.25, -0.2) is 4.79 Å². The van der Waals surface area contributed by atoms with Gasteiger partial charge in [-0.2, -0.15) is 0 Å². The average molecular weight is 230 g/mol. The van der Waals surface area contributed by atoms with Gasteiger partial charge in [-0.3, -0.25) is 0 Å². The molecule has 2 amide bonds. The molecular formula is C11H22N2O3. The van der Waals surface area contributed by atoms with E-state index in [0.29, 0.717) is 26.3 Å². The predicted molar refractivity (Wildman–Crippen MR) is 61.5 cm³/mol. The van der Waals surface area contributed by atoms with Crippen LogP contribution in [-0.2, 0) is 9.47 Å². The van der Waals surface area contributed by atoms with Crippen LogP contribution in [0.2, 0.25) is 0 Å². The monoisotopic (exact) mass is 230 g/mol. The van der Waals surface area contributed by atoms with E-state index in [4.69, 9.17) is 9.47 Å². The molecule has 0 N–H and O–H groups in total. The van der Waals surface area contributed by atoms with Gasteiger partial charge in [0, 0.05) is 39.9 Å². The average Bonchev–Trinajstić information content (AvgIpc) is 2.64. The van der Waals surface area contributed by atoms with Gasteiger partial charge in [0.15, 0.2) is 0 Å². The molecule has 0 bridgehead atoms. The second kappa shape index (κ2) is 7.46. The standard InChI is InChI=1S/C11H22N2O3/c1-3-8-16-10-7-13-5-4-12(11(13)14)6-9-15-2/h3-10H2,1-2H3. The van der Waals surface area contributed by atoms with Gasteiger partial charge in [-0.15, -0.1) is 0 Å². The van der Waals surface area contributed by atoms with Gasteiger partial charge in [-0.05, 0) is 6.42 Å². The highest BCUT2D eigenvalue weighted by molar-refractivity contribution is 5.76. The molecular weight excluding hydrogens is 208 g/mol. The van der Waals surface area contributed by atoms with Crippen LogP contribution in [0, 0.1) is 0 Å². The minimum Gasteiger partial charge on any atom is -0.383 e. The molecule has 5 heteroatoms. The SMILES string of the molecule is CCCOCCN1CCN(CCOC)C1=O. The van der Waals surface area contributed by atoms with Crippen LogP contribution in [0.15, 0.2) is 0 Å². The third-order valence-electron chi connectivity index (χ3n) is 2.60. The Morgan fingerprint density at radius 3 is 2.31 bits per heavy atom. The Morgan fingerprint density at radius 2 is 1.75 bits per heavy atom. The second-order valence-corrected chi connectivity index (χ2v) is 3.86. The Bertz CT molecular complexity index is 211. The lowest BCUT2D eigenvalue weighted by Gasteiger charge is -2.18. The van der Waals surface area contributed by atoms with Crippen LogP contribution in [0.5, 0.6) is 0 Å². The van der Waals surface area contributed by atoms with Crippen molar-refractivity contribution in [2.45, 2.75) is 13.3 Å². The summed E-state index contributed by atoms with van der Waals surface area (Å²) in [6.45, 7) is 7.07. The molecule has 0 unspecified atom stereocenters. The van der Waals surface area contributed by atoms with Crippen molar-refractivity contribution >= 4 is 6.03 Å². The van der Waals surface area contributed by atoms with E-state index in [1.54, 1.807) is 7.11 Å². The fraction of sp³-hybridized carbons (Fsp3) is 0.909. The number of carbonyl (C=O) groups excluding carboxylic acids is 1. The van der Waals surface area contributed by atoms with E-state index in [9.17, 15) is 4.79 Å². The van der Waals surface area contributed by atoms with E-state index in [1.807, 2.05) is 9.80 Å². The summed E-state index contributed by atoms with van der Waals surface area (Å²) in [6, 6.07) is 0.108. The summed E-state index contributed by atoms with van der Waals surface area (Å²) in [5.41, 5.74) is 0. The Kier molecular flexibility index (Phi) is 6.18. The van der Waals surface area contributed by atoms with Crippen LogP contribution in [0.1, 0.15) is 13.3 Å². The van der Waals surface area contributed by atoms with Crippen molar-refractivity contribution in [3.05, 3.63) is 0 Å². The lowest BCUT2D eigenvalue weighted by atomic mass is 10.5. The Balaban J connectivity index is 2.17. The fourth-order valence-electron chi connectivity index (χ4n) is 1.67. The van der Waals surface area contributed by atoms with Crippen molar-refractivity contribution in [2.24, 2.45) is 0 Å². The third kappa shape index (κ3) is 3.98. The molecule has 0 aromatic rings. The smallest absolute Gasteiger partial charge is 0.320 e.